The lowest BCUT2D eigenvalue weighted by Gasteiger charge is -2.27. The molecular weight excluding hydrogens is 445 g/mol. The van der Waals surface area contributed by atoms with Crippen LogP contribution in [0.3, 0.4) is 0 Å². The molecule has 0 bridgehead atoms. The number of aromatic nitrogens is 1. The second kappa shape index (κ2) is 9.73. The standard InChI is InChI=1S/C21H27Cl2N3O3S/c1-3-4-12-25(30(28,29)20-13-16(22)7-10-19(20)23)15-21(27)26(17-8-9-17)14-18-6-5-11-24(18)2/h5-7,10-11,13,17H,3-4,8-9,12,14-15H2,1-2H3. The number of benzene rings is 1. The Balaban J connectivity index is 1.85. The van der Waals surface area contributed by atoms with Crippen molar-refractivity contribution in [3.8, 4) is 0 Å². The molecule has 0 atom stereocenters. The highest BCUT2D eigenvalue weighted by atomic mass is 35.5. The number of carbonyl (C=O) groups is 1. The molecule has 0 saturated heterocycles. The van der Waals surface area contributed by atoms with Gasteiger partial charge in [-0.1, -0.05) is 36.5 Å². The summed E-state index contributed by atoms with van der Waals surface area (Å²) >= 11 is 12.2. The molecule has 0 N–H and O–H groups in total. The highest BCUT2D eigenvalue weighted by Crippen LogP contribution is 2.31. The van der Waals surface area contributed by atoms with Gasteiger partial charge in [0, 0.05) is 36.5 Å². The van der Waals surface area contributed by atoms with Gasteiger partial charge in [0.1, 0.15) is 4.90 Å². The van der Waals surface area contributed by atoms with E-state index in [0.29, 0.717) is 13.0 Å². The average molecular weight is 472 g/mol. The molecule has 6 nitrogen and oxygen atoms in total. The van der Waals surface area contributed by atoms with Gasteiger partial charge in [0.2, 0.25) is 15.9 Å². The van der Waals surface area contributed by atoms with Crippen LogP contribution in [0.1, 0.15) is 38.3 Å². The summed E-state index contributed by atoms with van der Waals surface area (Å²) in [5.41, 5.74) is 1.01. The first-order valence-electron chi connectivity index (χ1n) is 10.1. The van der Waals surface area contributed by atoms with E-state index in [1.807, 2.05) is 36.9 Å². The van der Waals surface area contributed by atoms with Crippen molar-refractivity contribution >= 4 is 39.1 Å². The maximum Gasteiger partial charge on any atom is 0.245 e. The molecule has 0 radical (unpaired) electrons. The van der Waals surface area contributed by atoms with Crippen LogP contribution in [0, 0.1) is 0 Å². The molecule has 1 heterocycles. The normalized spacial score (nSPS) is 14.3. The zero-order valence-electron chi connectivity index (χ0n) is 17.2. The Labute approximate surface area is 188 Å². The second-order valence-corrected chi connectivity index (χ2v) is 10.4. The van der Waals surface area contributed by atoms with Crippen LogP contribution in [0.15, 0.2) is 41.4 Å². The van der Waals surface area contributed by atoms with E-state index in [1.165, 1.54) is 16.4 Å². The molecule has 1 saturated carbocycles. The molecule has 1 aliphatic carbocycles. The predicted molar refractivity (Wildman–Crippen MR) is 119 cm³/mol. The molecule has 164 valence electrons. The van der Waals surface area contributed by atoms with Crippen LogP contribution in [-0.2, 0) is 28.4 Å². The fourth-order valence-electron chi connectivity index (χ4n) is 3.32. The molecule has 0 aliphatic heterocycles. The van der Waals surface area contributed by atoms with Crippen molar-refractivity contribution in [3.05, 3.63) is 52.3 Å². The highest BCUT2D eigenvalue weighted by molar-refractivity contribution is 7.89. The Morgan fingerprint density at radius 1 is 1.23 bits per heavy atom. The van der Waals surface area contributed by atoms with Crippen LogP contribution in [-0.4, -0.2) is 47.2 Å². The molecule has 9 heteroatoms. The number of hydrogen-bond donors (Lipinski definition) is 0. The number of hydrogen-bond acceptors (Lipinski definition) is 3. The molecule has 2 aromatic rings. The molecule has 1 fully saturated rings. The quantitative estimate of drug-likeness (QED) is 0.518. The van der Waals surface area contributed by atoms with E-state index in [0.717, 1.165) is 25.0 Å². The van der Waals surface area contributed by atoms with Crippen LogP contribution in [0.2, 0.25) is 10.0 Å². The van der Waals surface area contributed by atoms with Crippen molar-refractivity contribution in [2.75, 3.05) is 13.1 Å². The molecule has 1 aliphatic rings. The van der Waals surface area contributed by atoms with E-state index in [2.05, 4.69) is 0 Å². The number of amides is 1. The zero-order valence-corrected chi connectivity index (χ0v) is 19.6. The number of aryl methyl sites for hydroxylation is 1. The topological polar surface area (TPSA) is 62.6 Å². The van der Waals surface area contributed by atoms with Crippen molar-refractivity contribution in [3.63, 3.8) is 0 Å². The van der Waals surface area contributed by atoms with Gasteiger partial charge < -0.3 is 9.47 Å². The number of sulfonamides is 1. The number of rotatable bonds is 10. The first kappa shape index (κ1) is 23.1. The Morgan fingerprint density at radius 2 is 1.97 bits per heavy atom. The number of carbonyl (C=O) groups excluding carboxylic acids is 1. The number of halogens is 2. The second-order valence-electron chi connectivity index (χ2n) is 7.63. The molecule has 3 rings (SSSR count). The van der Waals surface area contributed by atoms with Crippen molar-refractivity contribution < 1.29 is 13.2 Å². The van der Waals surface area contributed by atoms with Gasteiger partial charge in [-0.25, -0.2) is 8.42 Å². The van der Waals surface area contributed by atoms with E-state index in [4.69, 9.17) is 23.2 Å². The predicted octanol–water partition coefficient (Wildman–Crippen LogP) is 4.31. The molecule has 1 amide bonds. The average Bonchev–Trinajstić information content (AvgIpc) is 3.46. The third kappa shape index (κ3) is 5.38. The SMILES string of the molecule is CCCCN(CC(=O)N(Cc1cccn1C)C1CC1)S(=O)(=O)c1cc(Cl)ccc1Cl. The summed E-state index contributed by atoms with van der Waals surface area (Å²) < 4.78 is 29.9. The van der Waals surface area contributed by atoms with Gasteiger partial charge in [-0.05, 0) is 49.6 Å². The van der Waals surface area contributed by atoms with E-state index >= 15 is 0 Å². The van der Waals surface area contributed by atoms with Crippen LogP contribution >= 0.6 is 23.2 Å². The largest absolute Gasteiger partial charge is 0.353 e. The fourth-order valence-corrected chi connectivity index (χ4v) is 5.48. The van der Waals surface area contributed by atoms with Crippen LogP contribution in [0.4, 0.5) is 0 Å². The number of unbranched alkanes of at least 4 members (excludes halogenated alkanes) is 1. The monoisotopic (exact) mass is 471 g/mol. The lowest BCUT2D eigenvalue weighted by molar-refractivity contribution is -0.132. The zero-order chi connectivity index (χ0) is 21.9. The fraction of sp³-hybridized carbons (Fsp3) is 0.476. The summed E-state index contributed by atoms with van der Waals surface area (Å²) in [6.07, 6.45) is 5.27. The minimum atomic E-state index is -3.97. The maximum atomic E-state index is 13.3. The molecular formula is C21H27Cl2N3O3S. The highest BCUT2D eigenvalue weighted by Gasteiger charge is 2.36. The van der Waals surface area contributed by atoms with Crippen LogP contribution in [0.25, 0.3) is 0 Å². The first-order chi connectivity index (χ1) is 14.2. The summed E-state index contributed by atoms with van der Waals surface area (Å²) in [7, 11) is -2.03. The first-order valence-corrected chi connectivity index (χ1v) is 12.3. The molecule has 1 aromatic heterocycles. The number of nitrogens with zero attached hydrogens (tertiary/aromatic N) is 3. The van der Waals surface area contributed by atoms with Gasteiger partial charge in [-0.15, -0.1) is 0 Å². The minimum Gasteiger partial charge on any atom is -0.353 e. The molecule has 30 heavy (non-hydrogen) atoms. The lowest BCUT2D eigenvalue weighted by atomic mass is 10.3. The molecule has 0 spiro atoms. The third-order valence-corrected chi connectivity index (χ3v) is 7.84. The lowest BCUT2D eigenvalue weighted by Crippen LogP contribution is -2.44. The third-order valence-electron chi connectivity index (χ3n) is 5.28. The van der Waals surface area contributed by atoms with Crippen molar-refractivity contribution in [2.24, 2.45) is 7.05 Å². The van der Waals surface area contributed by atoms with Crippen molar-refractivity contribution in [1.29, 1.82) is 0 Å². The minimum absolute atomic E-state index is 0.0685. The van der Waals surface area contributed by atoms with E-state index in [9.17, 15) is 13.2 Å². The smallest absolute Gasteiger partial charge is 0.245 e. The Morgan fingerprint density at radius 3 is 2.57 bits per heavy atom. The van der Waals surface area contributed by atoms with Crippen molar-refractivity contribution in [1.82, 2.24) is 13.8 Å². The van der Waals surface area contributed by atoms with Gasteiger partial charge in [0.05, 0.1) is 18.1 Å². The van der Waals surface area contributed by atoms with Crippen LogP contribution < -0.4 is 0 Å². The van der Waals surface area contributed by atoms with E-state index in [1.54, 1.807) is 11.0 Å². The molecule has 1 aromatic carbocycles. The Kier molecular flexibility index (Phi) is 7.50. The Bertz CT molecular complexity index is 1000. The summed E-state index contributed by atoms with van der Waals surface area (Å²) in [4.78, 5) is 14.9. The van der Waals surface area contributed by atoms with Gasteiger partial charge in [0.15, 0.2) is 0 Å². The van der Waals surface area contributed by atoms with Gasteiger partial charge >= 0.3 is 0 Å². The van der Waals surface area contributed by atoms with Crippen molar-refractivity contribution in [2.45, 2.75) is 50.1 Å². The van der Waals surface area contributed by atoms with E-state index < -0.39 is 10.0 Å². The van der Waals surface area contributed by atoms with Gasteiger partial charge in [-0.2, -0.15) is 4.31 Å². The van der Waals surface area contributed by atoms with E-state index in [-0.39, 0.29) is 40.0 Å². The summed E-state index contributed by atoms with van der Waals surface area (Å²) in [6.45, 7) is 2.47. The molecule has 0 unspecified atom stereocenters. The van der Waals surface area contributed by atoms with Gasteiger partial charge in [0.25, 0.3) is 0 Å². The Hall–Kier alpha value is -1.54. The summed E-state index contributed by atoms with van der Waals surface area (Å²) in [5, 5.41) is 0.374. The summed E-state index contributed by atoms with van der Waals surface area (Å²) in [6, 6.07) is 8.41. The van der Waals surface area contributed by atoms with Crippen LogP contribution in [0.5, 0.6) is 0 Å². The van der Waals surface area contributed by atoms with Gasteiger partial charge in [-0.3, -0.25) is 4.79 Å². The summed E-state index contributed by atoms with van der Waals surface area (Å²) in [5.74, 6) is -0.198. The maximum absolute atomic E-state index is 13.3.